The van der Waals surface area contributed by atoms with Gasteiger partial charge in [0.25, 0.3) is 0 Å². The normalized spacial score (nSPS) is 38.1. The number of sulfonamides is 1. The monoisotopic (exact) mass is 462 g/mol. The Labute approximate surface area is 195 Å². The number of benzene rings is 2. The summed E-state index contributed by atoms with van der Waals surface area (Å²) in [6, 6.07) is 17.1. The van der Waals surface area contributed by atoms with E-state index in [-0.39, 0.29) is 17.4 Å². The second-order valence-electron chi connectivity index (χ2n) is 11.1. The molecule has 1 heterocycles. The molecule has 0 radical (unpaired) electrons. The van der Waals surface area contributed by atoms with Gasteiger partial charge in [0.2, 0.25) is 15.9 Å². The number of carbonyl (C=O) groups is 1. The molecule has 2 aromatic rings. The molecule has 4 saturated carbocycles. The maximum atomic E-state index is 13.2. The summed E-state index contributed by atoms with van der Waals surface area (Å²) >= 11 is 0. The highest BCUT2D eigenvalue weighted by Crippen LogP contribution is 2.89. The minimum absolute atomic E-state index is 0.0996. The van der Waals surface area contributed by atoms with Crippen LogP contribution in [0.5, 0.6) is 0 Å². The van der Waals surface area contributed by atoms with E-state index in [1.807, 2.05) is 42.5 Å². The molecule has 7 rings (SSSR count). The fourth-order valence-electron chi connectivity index (χ4n) is 8.51. The number of amides is 1. The van der Waals surface area contributed by atoms with E-state index in [0.29, 0.717) is 29.8 Å². The van der Waals surface area contributed by atoms with Gasteiger partial charge in [0.05, 0.1) is 4.90 Å². The van der Waals surface area contributed by atoms with Crippen molar-refractivity contribution < 1.29 is 13.2 Å². The smallest absolute Gasteiger partial charge is 0.243 e. The summed E-state index contributed by atoms with van der Waals surface area (Å²) in [4.78, 5) is 13.2. The molecule has 5 nitrogen and oxygen atoms in total. The number of nitrogens with one attached hydrogen (secondary N) is 1. The van der Waals surface area contributed by atoms with E-state index in [1.54, 1.807) is 16.4 Å². The molecule has 5 aliphatic rings. The minimum atomic E-state index is -3.54. The van der Waals surface area contributed by atoms with Gasteiger partial charge in [-0.15, -0.1) is 0 Å². The van der Waals surface area contributed by atoms with Crippen molar-refractivity contribution in [2.24, 2.45) is 29.1 Å². The summed E-state index contributed by atoms with van der Waals surface area (Å²) in [5, 5.41) is 3.44. The van der Waals surface area contributed by atoms with E-state index in [4.69, 9.17) is 0 Å². The number of hydrogen-bond acceptors (Lipinski definition) is 3. The first-order valence-electron chi connectivity index (χ1n) is 12.4. The van der Waals surface area contributed by atoms with E-state index >= 15 is 0 Å². The first-order valence-corrected chi connectivity index (χ1v) is 13.8. The largest absolute Gasteiger partial charge is 0.350 e. The highest BCUT2D eigenvalue weighted by molar-refractivity contribution is 7.89. The summed E-state index contributed by atoms with van der Waals surface area (Å²) in [6.45, 7) is 0.921. The van der Waals surface area contributed by atoms with E-state index in [1.165, 1.54) is 25.7 Å². The van der Waals surface area contributed by atoms with Crippen LogP contribution in [0, 0.1) is 29.1 Å². The van der Waals surface area contributed by atoms with Crippen LogP contribution in [0.25, 0.3) is 11.1 Å². The SMILES string of the molecule is O=C(CC1CCN(S(=O)(=O)c2ccc(-c3ccccc3)cc2)C1)NC12CC3CC4CC(C1)C432. The van der Waals surface area contributed by atoms with Crippen molar-refractivity contribution in [3.05, 3.63) is 54.6 Å². The number of hydrogen-bond donors (Lipinski definition) is 1. The lowest BCUT2D eigenvalue weighted by Crippen LogP contribution is -2.92. The van der Waals surface area contributed by atoms with Crippen molar-refractivity contribution in [2.75, 3.05) is 13.1 Å². The molecule has 0 aromatic heterocycles. The van der Waals surface area contributed by atoms with Crippen molar-refractivity contribution in [3.8, 4) is 11.1 Å². The predicted molar refractivity (Wildman–Crippen MR) is 126 cm³/mol. The summed E-state index contributed by atoms with van der Waals surface area (Å²) < 4.78 is 28.0. The zero-order valence-electron chi connectivity index (χ0n) is 18.7. The van der Waals surface area contributed by atoms with Crippen LogP contribution >= 0.6 is 0 Å². The van der Waals surface area contributed by atoms with Crippen LogP contribution in [-0.2, 0) is 14.8 Å². The van der Waals surface area contributed by atoms with Gasteiger partial charge in [-0.1, -0.05) is 42.5 Å². The third-order valence-corrected chi connectivity index (χ3v) is 11.8. The van der Waals surface area contributed by atoms with Crippen molar-refractivity contribution in [3.63, 3.8) is 0 Å². The van der Waals surface area contributed by atoms with E-state index in [9.17, 15) is 13.2 Å². The Bertz CT molecular complexity index is 1200. The number of carbonyl (C=O) groups excluding carboxylic acids is 1. The maximum absolute atomic E-state index is 13.2. The minimum Gasteiger partial charge on any atom is -0.350 e. The third-order valence-electron chi connectivity index (χ3n) is 9.88. The van der Waals surface area contributed by atoms with Crippen molar-refractivity contribution >= 4 is 15.9 Å². The summed E-state index contributed by atoms with van der Waals surface area (Å²) in [5.41, 5.74) is 2.66. The molecule has 172 valence electrons. The van der Waals surface area contributed by atoms with E-state index in [0.717, 1.165) is 35.3 Å². The van der Waals surface area contributed by atoms with Gasteiger partial charge in [-0.2, -0.15) is 4.31 Å². The zero-order chi connectivity index (χ0) is 22.4. The van der Waals surface area contributed by atoms with Gasteiger partial charge in [-0.05, 0) is 79.0 Å². The Balaban J connectivity index is 0.984. The maximum Gasteiger partial charge on any atom is 0.243 e. The Morgan fingerprint density at radius 2 is 1.61 bits per heavy atom. The average molecular weight is 463 g/mol. The summed E-state index contributed by atoms with van der Waals surface area (Å²) in [5.74, 6) is 2.85. The summed E-state index contributed by atoms with van der Waals surface area (Å²) in [6.07, 6.45) is 6.31. The van der Waals surface area contributed by atoms with Crippen LogP contribution in [0.15, 0.2) is 59.5 Å². The van der Waals surface area contributed by atoms with Gasteiger partial charge in [0.1, 0.15) is 0 Å². The molecular weight excluding hydrogens is 432 g/mol. The zero-order valence-corrected chi connectivity index (χ0v) is 19.6. The first-order chi connectivity index (χ1) is 15.9. The fraction of sp³-hybridized carbons (Fsp3) is 0.519. The second kappa shape index (κ2) is 6.70. The van der Waals surface area contributed by atoms with Crippen LogP contribution in [0.1, 0.15) is 38.5 Å². The van der Waals surface area contributed by atoms with Crippen molar-refractivity contribution in [2.45, 2.75) is 49.0 Å². The van der Waals surface area contributed by atoms with Gasteiger partial charge < -0.3 is 5.32 Å². The molecule has 33 heavy (non-hydrogen) atoms. The summed E-state index contributed by atoms with van der Waals surface area (Å²) in [7, 11) is -3.54. The van der Waals surface area contributed by atoms with Crippen molar-refractivity contribution in [1.29, 1.82) is 0 Å². The van der Waals surface area contributed by atoms with E-state index in [2.05, 4.69) is 5.32 Å². The highest BCUT2D eigenvalue weighted by atomic mass is 32.2. The quantitative estimate of drug-likeness (QED) is 0.704. The molecule has 1 amide bonds. The van der Waals surface area contributed by atoms with Gasteiger partial charge in [0.15, 0.2) is 0 Å². The lowest BCUT2D eigenvalue weighted by Gasteiger charge is -2.91. The van der Waals surface area contributed by atoms with Gasteiger partial charge in [0, 0.05) is 30.5 Å². The van der Waals surface area contributed by atoms with Crippen LogP contribution in [0.2, 0.25) is 0 Å². The van der Waals surface area contributed by atoms with Gasteiger partial charge in [-0.25, -0.2) is 8.42 Å². The van der Waals surface area contributed by atoms with Crippen LogP contribution < -0.4 is 5.32 Å². The fourth-order valence-corrected chi connectivity index (χ4v) is 10.0. The average Bonchev–Trinajstić information content (AvgIpc) is 3.24. The highest BCUT2D eigenvalue weighted by Gasteiger charge is 2.88. The molecule has 2 aromatic carbocycles. The van der Waals surface area contributed by atoms with Crippen LogP contribution in [-0.4, -0.2) is 37.3 Å². The number of rotatable bonds is 6. The topological polar surface area (TPSA) is 66.5 Å². The molecule has 4 aliphatic carbocycles. The predicted octanol–water partition coefficient (Wildman–Crippen LogP) is 4.06. The van der Waals surface area contributed by atoms with Crippen molar-refractivity contribution in [1.82, 2.24) is 9.62 Å². The molecule has 6 heteroatoms. The van der Waals surface area contributed by atoms with E-state index < -0.39 is 10.0 Å². The molecule has 3 unspecified atom stereocenters. The third kappa shape index (κ3) is 2.57. The lowest BCUT2D eigenvalue weighted by molar-refractivity contribution is -0.394. The molecule has 0 bridgehead atoms. The second-order valence-corrected chi connectivity index (χ2v) is 13.1. The molecule has 1 N–H and O–H groups in total. The molecule has 3 atom stereocenters. The lowest BCUT2D eigenvalue weighted by atomic mass is 9.15. The van der Waals surface area contributed by atoms with Crippen LogP contribution in [0.3, 0.4) is 0 Å². The van der Waals surface area contributed by atoms with Gasteiger partial charge in [-0.3, -0.25) is 4.79 Å². The Kier molecular flexibility index (Phi) is 4.10. The molecule has 1 spiro atoms. The Morgan fingerprint density at radius 1 is 0.939 bits per heavy atom. The van der Waals surface area contributed by atoms with Gasteiger partial charge >= 0.3 is 0 Å². The molecule has 1 aliphatic heterocycles. The Hall–Kier alpha value is -2.18. The molecule has 1 saturated heterocycles. The first kappa shape index (κ1) is 20.2. The number of nitrogens with zero attached hydrogens (tertiary/aromatic N) is 1. The standard InChI is InChI=1S/C27H30N2O3S/c30-25(28-26-15-22-13-21-14-23(16-26)27(21,22)26)12-18-10-11-29(17-18)33(31,32)24-8-6-20(7-9-24)19-4-2-1-3-5-19/h1-9,18,21-23H,10-17H2,(H,28,30). The Morgan fingerprint density at radius 3 is 2.24 bits per heavy atom. The molecular formula is C27H30N2O3S. The van der Waals surface area contributed by atoms with Crippen LogP contribution in [0.4, 0.5) is 0 Å². The molecule has 5 fully saturated rings.